The largest absolute Gasteiger partial charge is 0.471 e. The number of aromatic nitrogens is 1. The van der Waals surface area contributed by atoms with Crippen LogP contribution in [-0.4, -0.2) is 23.5 Å². The van der Waals surface area contributed by atoms with Crippen molar-refractivity contribution in [3.05, 3.63) is 52.8 Å². The quantitative estimate of drug-likeness (QED) is 0.647. The second-order valence-electron chi connectivity index (χ2n) is 5.46. The summed E-state index contributed by atoms with van der Waals surface area (Å²) in [6.07, 6.45) is 1.53. The van der Waals surface area contributed by atoms with Gasteiger partial charge in [0.05, 0.1) is 6.54 Å². The zero-order chi connectivity index (χ0) is 16.0. The molecule has 1 aromatic carbocycles. The van der Waals surface area contributed by atoms with Gasteiger partial charge in [0.2, 0.25) is 5.88 Å². The van der Waals surface area contributed by atoms with Crippen molar-refractivity contribution >= 4 is 38.5 Å². The Morgan fingerprint density at radius 2 is 2.22 bits per heavy atom. The number of ether oxygens (including phenoxy) is 1. The van der Waals surface area contributed by atoms with Crippen molar-refractivity contribution in [2.75, 3.05) is 11.4 Å². The SMILES string of the molecule is C[C@H]1CN(C(=O)c2cc3cc(Br)ccc3o2)c2cccnc2O1. The lowest BCUT2D eigenvalue weighted by atomic mass is 10.2. The minimum Gasteiger partial charge on any atom is -0.471 e. The van der Waals surface area contributed by atoms with Crippen LogP contribution in [0.4, 0.5) is 5.69 Å². The summed E-state index contributed by atoms with van der Waals surface area (Å²) >= 11 is 3.42. The molecule has 0 aliphatic carbocycles. The minimum atomic E-state index is -0.193. The van der Waals surface area contributed by atoms with Gasteiger partial charge in [-0.25, -0.2) is 4.98 Å². The number of fused-ring (bicyclic) bond motifs is 2. The molecule has 3 aromatic rings. The minimum absolute atomic E-state index is 0.125. The summed E-state index contributed by atoms with van der Waals surface area (Å²) in [5.74, 6) is 0.585. The number of carbonyl (C=O) groups is 1. The van der Waals surface area contributed by atoms with E-state index in [1.807, 2.05) is 31.2 Å². The molecular weight excluding hydrogens is 360 g/mol. The number of furan rings is 1. The highest BCUT2D eigenvalue weighted by atomic mass is 79.9. The maximum absolute atomic E-state index is 12.9. The monoisotopic (exact) mass is 372 g/mol. The fourth-order valence-corrected chi connectivity index (χ4v) is 3.09. The Labute approximate surface area is 141 Å². The number of amides is 1. The molecule has 0 fully saturated rings. The van der Waals surface area contributed by atoms with Crippen LogP contribution < -0.4 is 9.64 Å². The number of rotatable bonds is 1. The van der Waals surface area contributed by atoms with E-state index in [0.29, 0.717) is 29.5 Å². The van der Waals surface area contributed by atoms with Gasteiger partial charge < -0.3 is 9.15 Å². The van der Waals surface area contributed by atoms with Gasteiger partial charge in [0, 0.05) is 16.1 Å². The molecule has 2 aromatic heterocycles. The van der Waals surface area contributed by atoms with Crippen LogP contribution in [0.2, 0.25) is 0 Å². The van der Waals surface area contributed by atoms with Crippen molar-refractivity contribution in [2.45, 2.75) is 13.0 Å². The number of pyridine rings is 1. The van der Waals surface area contributed by atoms with Crippen molar-refractivity contribution in [1.29, 1.82) is 0 Å². The van der Waals surface area contributed by atoms with Gasteiger partial charge in [0.1, 0.15) is 17.4 Å². The average Bonchev–Trinajstić information content (AvgIpc) is 2.96. The third-order valence-corrected chi connectivity index (χ3v) is 4.22. The zero-order valence-electron chi connectivity index (χ0n) is 12.3. The molecule has 116 valence electrons. The highest BCUT2D eigenvalue weighted by molar-refractivity contribution is 9.10. The average molecular weight is 373 g/mol. The lowest BCUT2D eigenvalue weighted by Gasteiger charge is -2.31. The molecule has 0 radical (unpaired) electrons. The van der Waals surface area contributed by atoms with E-state index in [-0.39, 0.29) is 12.0 Å². The third-order valence-electron chi connectivity index (χ3n) is 3.73. The fourth-order valence-electron chi connectivity index (χ4n) is 2.71. The van der Waals surface area contributed by atoms with Gasteiger partial charge in [0.15, 0.2) is 5.76 Å². The van der Waals surface area contributed by atoms with E-state index in [9.17, 15) is 4.79 Å². The Morgan fingerprint density at radius 1 is 1.35 bits per heavy atom. The third kappa shape index (κ3) is 2.49. The predicted molar refractivity (Wildman–Crippen MR) is 89.9 cm³/mol. The number of hydrogen-bond acceptors (Lipinski definition) is 4. The fraction of sp³-hybridized carbons (Fsp3) is 0.176. The molecule has 5 nitrogen and oxygen atoms in total. The van der Waals surface area contributed by atoms with E-state index < -0.39 is 0 Å². The summed E-state index contributed by atoms with van der Waals surface area (Å²) < 4.78 is 12.3. The number of nitrogens with zero attached hydrogens (tertiary/aromatic N) is 2. The maximum atomic E-state index is 12.9. The van der Waals surface area contributed by atoms with Gasteiger partial charge >= 0.3 is 0 Å². The molecule has 0 bridgehead atoms. The summed E-state index contributed by atoms with van der Waals surface area (Å²) in [6, 6.07) is 11.0. The van der Waals surface area contributed by atoms with Crippen LogP contribution in [0, 0.1) is 0 Å². The molecule has 23 heavy (non-hydrogen) atoms. The molecule has 1 aliphatic rings. The molecule has 0 saturated carbocycles. The van der Waals surface area contributed by atoms with E-state index in [0.717, 1.165) is 9.86 Å². The van der Waals surface area contributed by atoms with Crippen molar-refractivity contribution in [1.82, 2.24) is 4.98 Å². The van der Waals surface area contributed by atoms with Crippen LogP contribution in [0.25, 0.3) is 11.0 Å². The van der Waals surface area contributed by atoms with Crippen molar-refractivity contribution in [3.8, 4) is 5.88 Å². The maximum Gasteiger partial charge on any atom is 0.294 e. The first-order valence-corrected chi connectivity index (χ1v) is 8.04. The molecule has 6 heteroatoms. The normalized spacial score (nSPS) is 17.0. The summed E-state index contributed by atoms with van der Waals surface area (Å²) in [4.78, 5) is 18.8. The van der Waals surface area contributed by atoms with Gasteiger partial charge in [-0.15, -0.1) is 0 Å². The van der Waals surface area contributed by atoms with E-state index in [2.05, 4.69) is 20.9 Å². The van der Waals surface area contributed by atoms with E-state index in [1.54, 1.807) is 23.2 Å². The van der Waals surface area contributed by atoms with Gasteiger partial charge in [-0.2, -0.15) is 0 Å². The Hall–Kier alpha value is -2.34. The molecule has 3 heterocycles. The lowest BCUT2D eigenvalue weighted by Crippen LogP contribution is -2.42. The summed E-state index contributed by atoms with van der Waals surface area (Å²) in [5.41, 5.74) is 1.35. The van der Waals surface area contributed by atoms with E-state index >= 15 is 0 Å². The number of benzene rings is 1. The first kappa shape index (κ1) is 14.3. The Kier molecular flexibility index (Phi) is 3.34. The second-order valence-corrected chi connectivity index (χ2v) is 6.38. The Bertz CT molecular complexity index is 906. The number of anilines is 1. The predicted octanol–water partition coefficient (Wildman–Crippen LogP) is 4.02. The Morgan fingerprint density at radius 3 is 3.09 bits per heavy atom. The molecule has 0 saturated heterocycles. The molecule has 4 rings (SSSR count). The van der Waals surface area contributed by atoms with E-state index in [1.165, 1.54) is 0 Å². The number of carbonyl (C=O) groups excluding carboxylic acids is 1. The van der Waals surface area contributed by atoms with Crippen LogP contribution in [0.1, 0.15) is 17.5 Å². The lowest BCUT2D eigenvalue weighted by molar-refractivity contribution is 0.0934. The second kappa shape index (κ2) is 5.38. The zero-order valence-corrected chi connectivity index (χ0v) is 13.9. The smallest absolute Gasteiger partial charge is 0.294 e. The van der Waals surface area contributed by atoms with Crippen LogP contribution in [0.15, 0.2) is 51.5 Å². The van der Waals surface area contributed by atoms with Crippen molar-refractivity contribution in [3.63, 3.8) is 0 Å². The van der Waals surface area contributed by atoms with Gasteiger partial charge in [0.25, 0.3) is 5.91 Å². The van der Waals surface area contributed by atoms with Gasteiger partial charge in [-0.3, -0.25) is 9.69 Å². The summed E-state index contributed by atoms with van der Waals surface area (Å²) in [6.45, 7) is 2.37. The van der Waals surface area contributed by atoms with Crippen molar-refractivity contribution in [2.24, 2.45) is 0 Å². The highest BCUT2D eigenvalue weighted by Crippen LogP contribution is 2.33. The molecular formula is C17H13BrN2O3. The molecule has 1 atom stereocenters. The number of halogens is 1. The highest BCUT2D eigenvalue weighted by Gasteiger charge is 2.30. The van der Waals surface area contributed by atoms with Crippen molar-refractivity contribution < 1.29 is 13.9 Å². The number of hydrogen-bond donors (Lipinski definition) is 0. The standard InChI is InChI=1S/C17H13BrN2O3/c1-10-9-20(13-3-2-6-19-16(13)22-10)17(21)15-8-11-7-12(18)4-5-14(11)23-15/h2-8,10H,9H2,1H3/t10-/m0/s1. The first-order valence-electron chi connectivity index (χ1n) is 7.24. The molecule has 1 aliphatic heterocycles. The molecule has 0 spiro atoms. The van der Waals surface area contributed by atoms with Gasteiger partial charge in [-0.05, 0) is 43.3 Å². The molecule has 0 unspecified atom stereocenters. The molecule has 1 amide bonds. The first-order chi connectivity index (χ1) is 11.1. The van der Waals surface area contributed by atoms with Crippen LogP contribution in [0.3, 0.4) is 0 Å². The topological polar surface area (TPSA) is 55.6 Å². The van der Waals surface area contributed by atoms with Crippen LogP contribution >= 0.6 is 15.9 Å². The van der Waals surface area contributed by atoms with E-state index in [4.69, 9.17) is 9.15 Å². The molecule has 0 N–H and O–H groups in total. The van der Waals surface area contributed by atoms with Gasteiger partial charge in [-0.1, -0.05) is 15.9 Å². The Balaban J connectivity index is 1.76. The van der Waals surface area contributed by atoms with Crippen LogP contribution in [-0.2, 0) is 0 Å². The summed E-state index contributed by atoms with van der Waals surface area (Å²) in [5, 5.41) is 0.885. The van der Waals surface area contributed by atoms with Crippen LogP contribution in [0.5, 0.6) is 5.88 Å². The summed E-state index contributed by atoms with van der Waals surface area (Å²) in [7, 11) is 0.